The molecule has 1 aromatic rings. The number of nitrogens with zero attached hydrogens (tertiary/aromatic N) is 2. The predicted octanol–water partition coefficient (Wildman–Crippen LogP) is 3.50. The number of hydrogen-bond acceptors (Lipinski definition) is 3. The second-order valence-corrected chi connectivity index (χ2v) is 7.20. The van der Waals surface area contributed by atoms with Crippen molar-refractivity contribution in [2.75, 3.05) is 32.8 Å². The van der Waals surface area contributed by atoms with Crippen molar-refractivity contribution in [3.05, 3.63) is 34.9 Å². The maximum Gasteiger partial charge on any atom is 0.222 e. The van der Waals surface area contributed by atoms with Gasteiger partial charge in [-0.05, 0) is 37.0 Å². The third-order valence-electron chi connectivity index (χ3n) is 5.14. The number of carbonyl (C=O) groups is 1. The molecule has 3 rings (SSSR count). The van der Waals surface area contributed by atoms with E-state index >= 15 is 0 Å². The van der Waals surface area contributed by atoms with Crippen molar-refractivity contribution in [1.29, 1.82) is 0 Å². The Kier molecular flexibility index (Phi) is 6.14. The zero-order chi connectivity index (χ0) is 16.9. The molecule has 0 aromatic heterocycles. The van der Waals surface area contributed by atoms with E-state index in [9.17, 15) is 4.79 Å². The molecule has 2 aliphatic rings. The van der Waals surface area contributed by atoms with Gasteiger partial charge in [0.25, 0.3) is 0 Å². The zero-order valence-corrected chi connectivity index (χ0v) is 15.2. The first-order chi connectivity index (χ1) is 11.7. The van der Waals surface area contributed by atoms with Crippen molar-refractivity contribution < 1.29 is 9.53 Å². The third kappa shape index (κ3) is 4.29. The van der Waals surface area contributed by atoms with Gasteiger partial charge in [-0.3, -0.25) is 9.69 Å². The SMILES string of the molecule is CCCC(=O)N1CCC(N2CCOC(c3ccc(Cl)cc3)C2)CC1. The Morgan fingerprint density at radius 1 is 1.21 bits per heavy atom. The number of piperidine rings is 1. The molecule has 1 aromatic carbocycles. The summed E-state index contributed by atoms with van der Waals surface area (Å²) in [5, 5.41) is 0.760. The fourth-order valence-corrected chi connectivity index (χ4v) is 3.86. The Bertz CT molecular complexity index is 541. The van der Waals surface area contributed by atoms with Gasteiger partial charge in [0.15, 0.2) is 0 Å². The number of halogens is 1. The zero-order valence-electron chi connectivity index (χ0n) is 14.4. The fourth-order valence-electron chi connectivity index (χ4n) is 3.73. The van der Waals surface area contributed by atoms with Gasteiger partial charge in [0.2, 0.25) is 5.91 Å². The molecule has 2 fully saturated rings. The molecule has 4 nitrogen and oxygen atoms in total. The average Bonchev–Trinajstić information content (AvgIpc) is 2.63. The highest BCUT2D eigenvalue weighted by molar-refractivity contribution is 6.30. The second kappa shape index (κ2) is 8.32. The topological polar surface area (TPSA) is 32.8 Å². The Hall–Kier alpha value is -1.10. The highest BCUT2D eigenvalue weighted by atomic mass is 35.5. The first-order valence-corrected chi connectivity index (χ1v) is 9.44. The molecule has 0 N–H and O–H groups in total. The number of rotatable bonds is 4. The maximum atomic E-state index is 12.0. The smallest absolute Gasteiger partial charge is 0.222 e. The van der Waals surface area contributed by atoms with Crippen LogP contribution in [0.25, 0.3) is 0 Å². The monoisotopic (exact) mass is 350 g/mol. The summed E-state index contributed by atoms with van der Waals surface area (Å²) >= 11 is 5.98. The van der Waals surface area contributed by atoms with Crippen LogP contribution in [0.3, 0.4) is 0 Å². The van der Waals surface area contributed by atoms with E-state index in [0.717, 1.165) is 57.1 Å². The van der Waals surface area contributed by atoms with Gasteiger partial charge in [-0.25, -0.2) is 0 Å². The molecule has 1 atom stereocenters. The van der Waals surface area contributed by atoms with Crippen LogP contribution in [-0.2, 0) is 9.53 Å². The van der Waals surface area contributed by atoms with Crippen LogP contribution >= 0.6 is 11.6 Å². The molecule has 2 saturated heterocycles. The molecule has 0 aliphatic carbocycles. The van der Waals surface area contributed by atoms with E-state index in [1.54, 1.807) is 0 Å². The van der Waals surface area contributed by atoms with Crippen LogP contribution < -0.4 is 0 Å². The molecule has 132 valence electrons. The molecule has 2 heterocycles. The van der Waals surface area contributed by atoms with E-state index in [4.69, 9.17) is 16.3 Å². The lowest BCUT2D eigenvalue weighted by molar-refractivity contribution is -0.133. The molecule has 5 heteroatoms. The summed E-state index contributed by atoms with van der Waals surface area (Å²) in [6.45, 7) is 6.53. The minimum Gasteiger partial charge on any atom is -0.371 e. The Morgan fingerprint density at radius 2 is 1.92 bits per heavy atom. The van der Waals surface area contributed by atoms with Gasteiger partial charge in [0.1, 0.15) is 0 Å². The lowest BCUT2D eigenvalue weighted by atomic mass is 10.00. The van der Waals surface area contributed by atoms with Crippen LogP contribution in [0.15, 0.2) is 24.3 Å². The fraction of sp³-hybridized carbons (Fsp3) is 0.632. The van der Waals surface area contributed by atoms with Gasteiger partial charge in [-0.15, -0.1) is 0 Å². The molecule has 24 heavy (non-hydrogen) atoms. The molecule has 0 saturated carbocycles. The van der Waals surface area contributed by atoms with Gasteiger partial charge in [0.05, 0.1) is 12.7 Å². The van der Waals surface area contributed by atoms with E-state index in [2.05, 4.69) is 24.0 Å². The van der Waals surface area contributed by atoms with Crippen molar-refractivity contribution >= 4 is 17.5 Å². The number of amides is 1. The highest BCUT2D eigenvalue weighted by Gasteiger charge is 2.30. The van der Waals surface area contributed by atoms with E-state index in [1.165, 1.54) is 5.56 Å². The standard InChI is InChI=1S/C19H27ClN2O2/c1-2-3-19(23)21-10-8-17(9-11-21)22-12-13-24-18(14-22)15-4-6-16(20)7-5-15/h4-7,17-18H,2-3,8-14H2,1H3. The summed E-state index contributed by atoms with van der Waals surface area (Å²) in [6, 6.07) is 8.54. The Balaban J connectivity index is 1.54. The Morgan fingerprint density at radius 3 is 2.58 bits per heavy atom. The largest absolute Gasteiger partial charge is 0.371 e. The Labute approximate surface area is 149 Å². The molecule has 0 bridgehead atoms. The third-order valence-corrected chi connectivity index (χ3v) is 5.39. The molecule has 1 unspecified atom stereocenters. The minimum atomic E-state index is 0.121. The lowest BCUT2D eigenvalue weighted by Crippen LogP contribution is -2.50. The van der Waals surface area contributed by atoms with Crippen LogP contribution in [0.1, 0.15) is 44.3 Å². The number of likely N-dealkylation sites (tertiary alicyclic amines) is 1. The molecular weight excluding hydrogens is 324 g/mol. The van der Waals surface area contributed by atoms with E-state index in [1.807, 2.05) is 17.0 Å². The van der Waals surface area contributed by atoms with Crippen LogP contribution in [0.5, 0.6) is 0 Å². The van der Waals surface area contributed by atoms with Crippen LogP contribution in [0.2, 0.25) is 5.02 Å². The second-order valence-electron chi connectivity index (χ2n) is 6.77. The van der Waals surface area contributed by atoms with Crippen molar-refractivity contribution in [3.8, 4) is 0 Å². The highest BCUT2D eigenvalue weighted by Crippen LogP contribution is 2.27. The maximum absolute atomic E-state index is 12.0. The first kappa shape index (κ1) is 17.7. The minimum absolute atomic E-state index is 0.121. The summed E-state index contributed by atoms with van der Waals surface area (Å²) in [6.07, 6.45) is 3.88. The van der Waals surface area contributed by atoms with Crippen molar-refractivity contribution in [3.63, 3.8) is 0 Å². The summed E-state index contributed by atoms with van der Waals surface area (Å²) < 4.78 is 5.97. The number of carbonyl (C=O) groups excluding carboxylic acids is 1. The summed E-state index contributed by atoms with van der Waals surface area (Å²) in [5.41, 5.74) is 1.19. The van der Waals surface area contributed by atoms with E-state index in [-0.39, 0.29) is 6.10 Å². The van der Waals surface area contributed by atoms with E-state index in [0.29, 0.717) is 18.4 Å². The molecule has 1 amide bonds. The van der Waals surface area contributed by atoms with Crippen molar-refractivity contribution in [1.82, 2.24) is 9.80 Å². The number of ether oxygens (including phenoxy) is 1. The summed E-state index contributed by atoms with van der Waals surface area (Å²) in [4.78, 5) is 16.6. The first-order valence-electron chi connectivity index (χ1n) is 9.06. The van der Waals surface area contributed by atoms with Gasteiger partial charge >= 0.3 is 0 Å². The summed E-state index contributed by atoms with van der Waals surface area (Å²) in [7, 11) is 0. The van der Waals surface area contributed by atoms with Crippen LogP contribution in [-0.4, -0.2) is 54.5 Å². The average molecular weight is 351 g/mol. The van der Waals surface area contributed by atoms with Crippen molar-refractivity contribution in [2.24, 2.45) is 0 Å². The van der Waals surface area contributed by atoms with Gasteiger partial charge in [-0.1, -0.05) is 30.7 Å². The number of hydrogen-bond donors (Lipinski definition) is 0. The van der Waals surface area contributed by atoms with Crippen molar-refractivity contribution in [2.45, 2.75) is 44.8 Å². The number of morpholine rings is 1. The van der Waals surface area contributed by atoms with Gasteiger partial charge in [-0.2, -0.15) is 0 Å². The molecular formula is C19H27ClN2O2. The summed E-state index contributed by atoms with van der Waals surface area (Å²) in [5.74, 6) is 0.317. The quantitative estimate of drug-likeness (QED) is 0.833. The normalized spacial score (nSPS) is 23.4. The van der Waals surface area contributed by atoms with E-state index < -0.39 is 0 Å². The van der Waals surface area contributed by atoms with Gasteiger partial charge < -0.3 is 9.64 Å². The molecule has 2 aliphatic heterocycles. The van der Waals surface area contributed by atoms with Crippen LogP contribution in [0, 0.1) is 0 Å². The number of benzene rings is 1. The lowest BCUT2D eigenvalue weighted by Gasteiger charge is -2.42. The molecule has 0 radical (unpaired) electrons. The van der Waals surface area contributed by atoms with Gasteiger partial charge in [0, 0.05) is 43.7 Å². The predicted molar refractivity (Wildman–Crippen MR) is 96.2 cm³/mol. The van der Waals surface area contributed by atoms with Crippen LogP contribution in [0.4, 0.5) is 0 Å². The molecule has 0 spiro atoms.